The highest BCUT2D eigenvalue weighted by Gasteiger charge is 2.44. The minimum atomic E-state index is -1.08. The Morgan fingerprint density at radius 1 is 1.35 bits per heavy atom. The van der Waals surface area contributed by atoms with E-state index in [1.807, 2.05) is 48.1 Å². The molecule has 1 aliphatic carbocycles. The zero-order chi connectivity index (χ0) is 14.0. The lowest BCUT2D eigenvalue weighted by Gasteiger charge is -2.30. The van der Waals surface area contributed by atoms with E-state index in [0.717, 1.165) is 24.1 Å². The van der Waals surface area contributed by atoms with Gasteiger partial charge in [-0.1, -0.05) is 30.3 Å². The Balaban J connectivity index is 1.75. The van der Waals surface area contributed by atoms with E-state index in [1.54, 1.807) is 6.20 Å². The number of hydrogen-bond acceptors (Lipinski definition) is 3. The molecule has 4 nitrogen and oxygen atoms in total. The fourth-order valence-corrected chi connectivity index (χ4v) is 3.02. The van der Waals surface area contributed by atoms with Crippen LogP contribution in [0.2, 0.25) is 0 Å². The van der Waals surface area contributed by atoms with Crippen molar-refractivity contribution < 1.29 is 9.84 Å². The first-order chi connectivity index (χ1) is 9.69. The summed E-state index contributed by atoms with van der Waals surface area (Å²) in [4.78, 5) is 0. The maximum Gasteiger partial charge on any atom is 0.174 e. The summed E-state index contributed by atoms with van der Waals surface area (Å²) >= 11 is 0. The summed E-state index contributed by atoms with van der Waals surface area (Å²) in [5.74, 6) is -1.08. The third kappa shape index (κ3) is 2.49. The second-order valence-corrected chi connectivity index (χ2v) is 5.44. The van der Waals surface area contributed by atoms with Gasteiger partial charge in [-0.15, -0.1) is 0 Å². The molecule has 0 aliphatic heterocycles. The van der Waals surface area contributed by atoms with Crippen LogP contribution < -0.4 is 0 Å². The van der Waals surface area contributed by atoms with Gasteiger partial charge in [-0.25, -0.2) is 0 Å². The molecule has 0 amide bonds. The van der Waals surface area contributed by atoms with Crippen molar-refractivity contribution in [2.45, 2.75) is 37.6 Å². The Morgan fingerprint density at radius 3 is 2.85 bits per heavy atom. The standard InChI is InChI=1S/C16H20N2O2/c1-18-15(9-11-17-18)14-8-5-10-16(14,19)20-12-13-6-3-2-4-7-13/h2-4,6-7,9,11,14,19H,5,8,10,12H2,1H3. The number of aromatic nitrogens is 2. The topological polar surface area (TPSA) is 47.3 Å². The third-order valence-corrected chi connectivity index (χ3v) is 4.12. The van der Waals surface area contributed by atoms with Gasteiger partial charge in [0.25, 0.3) is 0 Å². The zero-order valence-corrected chi connectivity index (χ0v) is 11.7. The van der Waals surface area contributed by atoms with Crippen molar-refractivity contribution in [3.05, 3.63) is 53.9 Å². The van der Waals surface area contributed by atoms with Gasteiger partial charge < -0.3 is 9.84 Å². The molecular formula is C16H20N2O2. The smallest absolute Gasteiger partial charge is 0.174 e. The molecule has 3 rings (SSSR count). The molecule has 0 radical (unpaired) electrons. The van der Waals surface area contributed by atoms with Gasteiger partial charge in [0.2, 0.25) is 0 Å². The molecule has 2 unspecified atom stereocenters. The second kappa shape index (κ2) is 5.38. The van der Waals surface area contributed by atoms with Crippen LogP contribution in [-0.2, 0) is 18.4 Å². The lowest BCUT2D eigenvalue weighted by atomic mass is 9.98. The number of benzene rings is 1. The predicted octanol–water partition coefficient (Wildman–Crippen LogP) is 2.59. The van der Waals surface area contributed by atoms with Crippen LogP contribution in [0.3, 0.4) is 0 Å². The fraction of sp³-hybridized carbons (Fsp3) is 0.438. The van der Waals surface area contributed by atoms with Crippen LogP contribution >= 0.6 is 0 Å². The summed E-state index contributed by atoms with van der Waals surface area (Å²) in [6.07, 6.45) is 4.35. The highest BCUT2D eigenvalue weighted by Crippen LogP contribution is 2.43. The molecule has 2 aromatic rings. The lowest BCUT2D eigenvalue weighted by Crippen LogP contribution is -2.35. The molecule has 0 bridgehead atoms. The van der Waals surface area contributed by atoms with Crippen LogP contribution in [0.15, 0.2) is 42.6 Å². The first kappa shape index (κ1) is 13.3. The van der Waals surface area contributed by atoms with E-state index in [2.05, 4.69) is 5.10 Å². The molecule has 1 heterocycles. The molecule has 1 N–H and O–H groups in total. The minimum absolute atomic E-state index is 0.00119. The predicted molar refractivity (Wildman–Crippen MR) is 76.0 cm³/mol. The van der Waals surface area contributed by atoms with Crippen LogP contribution in [0.5, 0.6) is 0 Å². The summed E-state index contributed by atoms with van der Waals surface area (Å²) in [5.41, 5.74) is 2.12. The monoisotopic (exact) mass is 272 g/mol. The molecule has 1 fully saturated rings. The van der Waals surface area contributed by atoms with E-state index in [0.29, 0.717) is 13.0 Å². The molecular weight excluding hydrogens is 252 g/mol. The zero-order valence-electron chi connectivity index (χ0n) is 11.7. The molecule has 1 aromatic heterocycles. The minimum Gasteiger partial charge on any atom is -0.365 e. The molecule has 1 aromatic carbocycles. The van der Waals surface area contributed by atoms with Gasteiger partial charge in [0.05, 0.1) is 12.5 Å². The maximum atomic E-state index is 10.8. The number of ether oxygens (including phenoxy) is 1. The van der Waals surface area contributed by atoms with Crippen molar-refractivity contribution in [1.82, 2.24) is 9.78 Å². The second-order valence-electron chi connectivity index (χ2n) is 5.44. The Labute approximate surface area is 119 Å². The van der Waals surface area contributed by atoms with E-state index < -0.39 is 5.79 Å². The summed E-state index contributed by atoms with van der Waals surface area (Å²) in [6.45, 7) is 0.436. The van der Waals surface area contributed by atoms with Gasteiger partial charge in [0.15, 0.2) is 5.79 Å². The Bertz CT molecular complexity index is 567. The first-order valence-corrected chi connectivity index (χ1v) is 7.07. The quantitative estimate of drug-likeness (QED) is 0.870. The highest BCUT2D eigenvalue weighted by molar-refractivity contribution is 5.16. The number of hydrogen-bond donors (Lipinski definition) is 1. The Morgan fingerprint density at radius 2 is 2.15 bits per heavy atom. The van der Waals surface area contributed by atoms with Crippen molar-refractivity contribution >= 4 is 0 Å². The van der Waals surface area contributed by atoms with Crippen molar-refractivity contribution in [2.75, 3.05) is 0 Å². The molecule has 2 atom stereocenters. The average molecular weight is 272 g/mol. The van der Waals surface area contributed by atoms with Crippen molar-refractivity contribution in [2.24, 2.45) is 7.05 Å². The maximum absolute atomic E-state index is 10.8. The largest absolute Gasteiger partial charge is 0.365 e. The van der Waals surface area contributed by atoms with Crippen LogP contribution in [0, 0.1) is 0 Å². The van der Waals surface area contributed by atoms with E-state index >= 15 is 0 Å². The average Bonchev–Trinajstić information content (AvgIpc) is 3.04. The van der Waals surface area contributed by atoms with E-state index in [-0.39, 0.29) is 5.92 Å². The summed E-state index contributed by atoms with van der Waals surface area (Å²) in [6, 6.07) is 11.9. The van der Waals surface area contributed by atoms with E-state index in [4.69, 9.17) is 4.74 Å². The van der Waals surface area contributed by atoms with Crippen molar-refractivity contribution in [3.8, 4) is 0 Å². The van der Waals surface area contributed by atoms with Crippen LogP contribution in [0.4, 0.5) is 0 Å². The van der Waals surface area contributed by atoms with Crippen molar-refractivity contribution in [1.29, 1.82) is 0 Å². The molecule has 0 spiro atoms. The van der Waals surface area contributed by atoms with Gasteiger partial charge in [0, 0.05) is 25.4 Å². The molecule has 0 saturated heterocycles. The highest BCUT2D eigenvalue weighted by atomic mass is 16.6. The molecule has 20 heavy (non-hydrogen) atoms. The van der Waals surface area contributed by atoms with E-state index in [1.165, 1.54) is 0 Å². The van der Waals surface area contributed by atoms with Crippen LogP contribution in [-0.4, -0.2) is 20.7 Å². The normalized spacial score (nSPS) is 26.0. The summed E-state index contributed by atoms with van der Waals surface area (Å²) < 4.78 is 7.71. The van der Waals surface area contributed by atoms with Gasteiger partial charge in [0.1, 0.15) is 0 Å². The number of aryl methyl sites for hydroxylation is 1. The lowest BCUT2D eigenvalue weighted by molar-refractivity contribution is -0.216. The number of rotatable bonds is 4. The van der Waals surface area contributed by atoms with Crippen LogP contribution in [0.1, 0.15) is 36.4 Å². The van der Waals surface area contributed by atoms with Crippen molar-refractivity contribution in [3.63, 3.8) is 0 Å². The van der Waals surface area contributed by atoms with Gasteiger partial charge in [-0.3, -0.25) is 4.68 Å². The van der Waals surface area contributed by atoms with Gasteiger partial charge in [-0.05, 0) is 24.5 Å². The first-order valence-electron chi connectivity index (χ1n) is 7.07. The molecule has 106 valence electrons. The van der Waals surface area contributed by atoms with Crippen LogP contribution in [0.25, 0.3) is 0 Å². The molecule has 4 heteroatoms. The van der Waals surface area contributed by atoms with E-state index in [9.17, 15) is 5.11 Å². The number of nitrogens with zero attached hydrogens (tertiary/aromatic N) is 2. The number of aliphatic hydroxyl groups is 1. The third-order valence-electron chi connectivity index (χ3n) is 4.12. The molecule has 1 aliphatic rings. The Kier molecular flexibility index (Phi) is 3.59. The van der Waals surface area contributed by atoms with Gasteiger partial charge in [-0.2, -0.15) is 5.10 Å². The molecule has 1 saturated carbocycles. The SMILES string of the molecule is Cn1nccc1C1CCCC1(O)OCc1ccccc1. The summed E-state index contributed by atoms with van der Waals surface area (Å²) in [7, 11) is 1.91. The fourth-order valence-electron chi connectivity index (χ4n) is 3.02. The Hall–Kier alpha value is -1.65. The van der Waals surface area contributed by atoms with Gasteiger partial charge >= 0.3 is 0 Å². The summed E-state index contributed by atoms with van der Waals surface area (Å²) in [5, 5.41) is 15.0.